The average molecular weight is 180 g/mol. The summed E-state index contributed by atoms with van der Waals surface area (Å²) in [5.41, 5.74) is 5.50. The Hall–Kier alpha value is -1.06. The van der Waals surface area contributed by atoms with Crippen LogP contribution in [-0.2, 0) is 0 Å². The molecule has 0 aromatic heterocycles. The van der Waals surface area contributed by atoms with Gasteiger partial charge >= 0.3 is 0 Å². The Morgan fingerprint density at radius 1 is 1.62 bits per heavy atom. The van der Waals surface area contributed by atoms with Crippen LogP contribution in [0.4, 0.5) is 0 Å². The molecule has 0 aromatic rings. The van der Waals surface area contributed by atoms with Crippen LogP contribution in [0.2, 0.25) is 0 Å². The summed E-state index contributed by atoms with van der Waals surface area (Å²) in [7, 11) is 0. The highest BCUT2D eigenvalue weighted by atomic mass is 15.1. The van der Waals surface area contributed by atoms with Crippen LogP contribution in [0, 0.1) is 11.3 Å². The van der Waals surface area contributed by atoms with Crippen molar-refractivity contribution in [3.05, 3.63) is 0 Å². The molecule has 0 amide bonds. The van der Waals surface area contributed by atoms with Crippen LogP contribution in [0.3, 0.4) is 0 Å². The Bertz CT molecular complexity index is 258. The molecule has 2 rings (SSSR count). The fourth-order valence-electron chi connectivity index (χ4n) is 2.30. The normalized spacial score (nSPS) is 37.6. The number of nitrogens with zero attached hydrogens (tertiary/aromatic N) is 1. The summed E-state index contributed by atoms with van der Waals surface area (Å²) >= 11 is 0. The van der Waals surface area contributed by atoms with E-state index in [1.165, 1.54) is 0 Å². The number of hydrogen-bond donors (Lipinski definition) is 3. The van der Waals surface area contributed by atoms with E-state index in [0.717, 1.165) is 25.1 Å². The zero-order valence-corrected chi connectivity index (χ0v) is 7.88. The van der Waals surface area contributed by atoms with Crippen molar-refractivity contribution in [1.82, 2.24) is 5.32 Å². The molecular weight excluding hydrogens is 164 g/mol. The maximum Gasteiger partial charge on any atom is 0.0938 e. The van der Waals surface area contributed by atoms with E-state index in [4.69, 9.17) is 11.1 Å². The summed E-state index contributed by atoms with van der Waals surface area (Å²) in [6, 6.07) is 0.873. The van der Waals surface area contributed by atoms with Crippen LogP contribution < -0.4 is 11.1 Å². The van der Waals surface area contributed by atoms with Crippen LogP contribution in [0.1, 0.15) is 26.2 Å². The molecule has 1 aliphatic carbocycles. The molecule has 72 valence electrons. The van der Waals surface area contributed by atoms with Crippen molar-refractivity contribution >= 4 is 11.7 Å². The number of nitrogens with two attached hydrogens (primary N) is 1. The molecule has 0 spiro atoms. The van der Waals surface area contributed by atoms with Gasteiger partial charge in [-0.25, -0.2) is 0 Å². The van der Waals surface area contributed by atoms with Crippen LogP contribution in [0.15, 0.2) is 4.99 Å². The minimum absolute atomic E-state index is 0.273. The monoisotopic (exact) mass is 180 g/mol. The van der Waals surface area contributed by atoms with Gasteiger partial charge in [0.25, 0.3) is 0 Å². The molecule has 4 N–H and O–H groups in total. The number of nitrogens with one attached hydrogen (secondary N) is 2. The predicted octanol–water partition coefficient (Wildman–Crippen LogP) is 0.481. The van der Waals surface area contributed by atoms with Crippen molar-refractivity contribution in [1.29, 1.82) is 5.41 Å². The molecule has 3 atom stereocenters. The smallest absolute Gasteiger partial charge is 0.0938 e. The van der Waals surface area contributed by atoms with Crippen LogP contribution >= 0.6 is 0 Å². The van der Waals surface area contributed by atoms with Gasteiger partial charge in [0.2, 0.25) is 0 Å². The Kier molecular flexibility index (Phi) is 1.98. The second kappa shape index (κ2) is 3.01. The fourth-order valence-corrected chi connectivity index (χ4v) is 2.30. The summed E-state index contributed by atoms with van der Waals surface area (Å²) in [5, 5.41) is 10.7. The molecule has 1 aliphatic heterocycles. The van der Waals surface area contributed by atoms with Crippen molar-refractivity contribution in [3.8, 4) is 0 Å². The Balaban J connectivity index is 2.01. The van der Waals surface area contributed by atoms with Gasteiger partial charge in [0.15, 0.2) is 0 Å². The van der Waals surface area contributed by atoms with E-state index < -0.39 is 0 Å². The van der Waals surface area contributed by atoms with E-state index in [1.54, 1.807) is 0 Å². The van der Waals surface area contributed by atoms with Gasteiger partial charge < -0.3 is 11.1 Å². The minimum Gasteiger partial charge on any atom is -0.387 e. The second-order valence-electron chi connectivity index (χ2n) is 4.00. The summed E-state index contributed by atoms with van der Waals surface area (Å²) in [6.07, 6.45) is 3.06. The molecule has 0 bridgehead atoms. The highest BCUT2D eigenvalue weighted by Crippen LogP contribution is 2.29. The zero-order chi connectivity index (χ0) is 9.42. The summed E-state index contributed by atoms with van der Waals surface area (Å²) < 4.78 is 0. The fraction of sp³-hybridized carbons (Fsp3) is 0.778. The number of amidine groups is 2. The number of aliphatic imine (C=N–C) groups is 1. The Morgan fingerprint density at radius 3 is 3.08 bits per heavy atom. The van der Waals surface area contributed by atoms with E-state index in [1.807, 2.05) is 6.92 Å². The molecule has 2 aliphatic rings. The summed E-state index contributed by atoms with van der Waals surface area (Å²) in [4.78, 5) is 4.50. The predicted molar refractivity (Wildman–Crippen MR) is 53.1 cm³/mol. The quantitative estimate of drug-likeness (QED) is 0.405. The van der Waals surface area contributed by atoms with E-state index >= 15 is 0 Å². The lowest BCUT2D eigenvalue weighted by Crippen LogP contribution is -2.42. The lowest BCUT2D eigenvalue weighted by atomic mass is 9.82. The molecule has 1 saturated carbocycles. The van der Waals surface area contributed by atoms with Crippen LogP contribution in [0.25, 0.3) is 0 Å². The number of fused-ring (bicyclic) bond motifs is 1. The van der Waals surface area contributed by atoms with Crippen molar-refractivity contribution in [2.45, 2.75) is 38.3 Å². The molecule has 1 heterocycles. The third-order valence-corrected chi connectivity index (χ3v) is 3.01. The highest BCUT2D eigenvalue weighted by molar-refractivity contribution is 5.83. The lowest BCUT2D eigenvalue weighted by molar-refractivity contribution is 0.341. The maximum absolute atomic E-state index is 7.40. The van der Waals surface area contributed by atoms with Crippen LogP contribution in [0.5, 0.6) is 0 Å². The van der Waals surface area contributed by atoms with E-state index in [9.17, 15) is 0 Å². The molecule has 4 nitrogen and oxygen atoms in total. The molecule has 0 saturated heterocycles. The SMILES string of the molecule is CC1=NC2CCC(C(=N)N)CC2N1. The summed E-state index contributed by atoms with van der Waals surface area (Å²) in [6.45, 7) is 2.00. The van der Waals surface area contributed by atoms with E-state index in [-0.39, 0.29) is 5.92 Å². The zero-order valence-electron chi connectivity index (χ0n) is 7.88. The number of hydrogen-bond acceptors (Lipinski definition) is 3. The topological polar surface area (TPSA) is 74.3 Å². The molecule has 0 aromatic carbocycles. The first-order valence-electron chi connectivity index (χ1n) is 4.81. The first-order chi connectivity index (χ1) is 6.16. The van der Waals surface area contributed by atoms with Gasteiger partial charge in [-0.05, 0) is 26.2 Å². The highest BCUT2D eigenvalue weighted by Gasteiger charge is 2.34. The Labute approximate surface area is 78.1 Å². The lowest BCUT2D eigenvalue weighted by Gasteiger charge is -2.29. The molecule has 13 heavy (non-hydrogen) atoms. The van der Waals surface area contributed by atoms with Gasteiger partial charge in [-0.15, -0.1) is 0 Å². The molecule has 4 heteroatoms. The molecule has 0 radical (unpaired) electrons. The standard InChI is InChI=1S/C9H16N4/c1-5-12-7-3-2-6(9(10)11)4-8(7)13-5/h6-8H,2-4H2,1H3,(H3,10,11)(H,12,13). The Morgan fingerprint density at radius 2 is 2.38 bits per heavy atom. The first kappa shape index (κ1) is 8.53. The van der Waals surface area contributed by atoms with Gasteiger partial charge in [-0.3, -0.25) is 10.4 Å². The third-order valence-electron chi connectivity index (χ3n) is 3.01. The average Bonchev–Trinajstić information content (AvgIpc) is 2.42. The molecular formula is C9H16N4. The van der Waals surface area contributed by atoms with Crippen molar-refractivity contribution in [2.75, 3.05) is 0 Å². The van der Waals surface area contributed by atoms with Gasteiger partial charge in [-0.1, -0.05) is 0 Å². The van der Waals surface area contributed by atoms with Crippen LogP contribution in [-0.4, -0.2) is 23.8 Å². The van der Waals surface area contributed by atoms with E-state index in [0.29, 0.717) is 17.9 Å². The number of rotatable bonds is 1. The van der Waals surface area contributed by atoms with E-state index in [2.05, 4.69) is 10.3 Å². The first-order valence-corrected chi connectivity index (χ1v) is 4.81. The second-order valence-corrected chi connectivity index (χ2v) is 4.00. The van der Waals surface area contributed by atoms with Crippen molar-refractivity contribution in [3.63, 3.8) is 0 Å². The van der Waals surface area contributed by atoms with Gasteiger partial charge in [0, 0.05) is 5.92 Å². The third kappa shape index (κ3) is 1.53. The minimum atomic E-state index is 0.273. The van der Waals surface area contributed by atoms with Gasteiger partial charge in [-0.2, -0.15) is 0 Å². The van der Waals surface area contributed by atoms with Gasteiger partial charge in [0.1, 0.15) is 0 Å². The molecule has 3 unspecified atom stereocenters. The molecule has 1 fully saturated rings. The van der Waals surface area contributed by atoms with Crippen molar-refractivity contribution in [2.24, 2.45) is 16.6 Å². The largest absolute Gasteiger partial charge is 0.387 e. The maximum atomic E-state index is 7.40. The van der Waals surface area contributed by atoms with Gasteiger partial charge in [0.05, 0.1) is 23.8 Å². The summed E-state index contributed by atoms with van der Waals surface area (Å²) in [5.74, 6) is 1.65. The van der Waals surface area contributed by atoms with Crippen molar-refractivity contribution < 1.29 is 0 Å².